The van der Waals surface area contributed by atoms with Gasteiger partial charge in [0.2, 0.25) is 0 Å². The molecule has 1 fully saturated rings. The quantitative estimate of drug-likeness (QED) is 0.0192. The van der Waals surface area contributed by atoms with Gasteiger partial charge in [-0.2, -0.15) is 0 Å². The molecule has 6 unspecified atom stereocenters. The molecule has 466 valence electrons. The molecule has 12 nitrogen and oxygen atoms in total. The highest BCUT2D eigenvalue weighted by Crippen LogP contribution is 2.47. The van der Waals surface area contributed by atoms with Crippen molar-refractivity contribution in [3.8, 4) is 0 Å². The summed E-state index contributed by atoms with van der Waals surface area (Å²) in [6.45, 7) is 4.36. The largest absolute Gasteiger partial charge is 0.472 e. The molecule has 1 aliphatic rings. The number of aliphatic hydroxyl groups is 5. The molecule has 0 heterocycles. The minimum atomic E-state index is -5.02. The van der Waals surface area contributed by atoms with Crippen molar-refractivity contribution in [2.24, 2.45) is 0 Å². The van der Waals surface area contributed by atoms with Gasteiger partial charge in [-0.05, 0) is 12.8 Å². The fourth-order valence-corrected chi connectivity index (χ4v) is 12.2. The Morgan fingerprint density at radius 1 is 0.359 bits per heavy atom. The van der Waals surface area contributed by atoms with Crippen LogP contribution in [0.15, 0.2) is 0 Å². The standard InChI is InChI=1S/C65H129O12P/c1-3-5-7-9-11-13-15-17-19-21-23-24-25-26-27-28-29-30-31-32-33-34-35-36-37-38-40-42-44-46-48-50-52-54-59(66)76-58(57-75-78(72,73)77-65-63(70)61(68)60(67)62(69)64(65)71)56-74-55-53-51-49-47-45-43-41-39-22-20-18-16-14-12-10-8-6-4-2/h58,60-65,67-71H,3-57H2,1-2H3,(H,72,73)/t58-,60?,61-,62?,63?,64?,65?/m1/s1. The molecule has 0 spiro atoms. The third-order valence-corrected chi connectivity index (χ3v) is 17.5. The number of carbonyl (C=O) groups excluding carboxylic acids is 1. The normalized spacial score (nSPS) is 19.8. The summed E-state index contributed by atoms with van der Waals surface area (Å²) in [6, 6.07) is 0. The smallest absolute Gasteiger partial charge is 0.457 e. The van der Waals surface area contributed by atoms with E-state index < -0.39 is 63.1 Å². The van der Waals surface area contributed by atoms with Gasteiger partial charge in [0.05, 0.1) is 13.2 Å². The number of phosphoric ester groups is 1. The molecule has 78 heavy (non-hydrogen) atoms. The van der Waals surface area contributed by atoms with Crippen LogP contribution in [-0.2, 0) is 27.9 Å². The van der Waals surface area contributed by atoms with E-state index in [-0.39, 0.29) is 13.0 Å². The zero-order chi connectivity index (χ0) is 56.8. The fraction of sp³-hybridized carbons (Fsp3) is 0.985. The monoisotopic (exact) mass is 1130 g/mol. The fourth-order valence-electron chi connectivity index (χ4n) is 11.2. The van der Waals surface area contributed by atoms with Gasteiger partial charge in [-0.3, -0.25) is 13.8 Å². The zero-order valence-corrected chi connectivity index (χ0v) is 51.9. The van der Waals surface area contributed by atoms with E-state index in [0.717, 1.165) is 38.5 Å². The van der Waals surface area contributed by atoms with Crippen molar-refractivity contribution in [1.29, 1.82) is 0 Å². The number of rotatable bonds is 61. The first-order chi connectivity index (χ1) is 38.0. The molecule has 1 aliphatic carbocycles. The van der Waals surface area contributed by atoms with Crippen molar-refractivity contribution < 1.29 is 58.3 Å². The summed E-state index contributed by atoms with van der Waals surface area (Å²) in [7, 11) is -5.02. The Kier molecular flexibility index (Phi) is 53.6. The number of aliphatic hydroxyl groups excluding tert-OH is 5. The van der Waals surface area contributed by atoms with Gasteiger partial charge in [-0.1, -0.05) is 328 Å². The van der Waals surface area contributed by atoms with Crippen molar-refractivity contribution in [3.05, 3.63) is 0 Å². The van der Waals surface area contributed by atoms with E-state index in [1.165, 1.54) is 283 Å². The lowest BCUT2D eigenvalue weighted by molar-refractivity contribution is -0.220. The number of hydrogen-bond donors (Lipinski definition) is 6. The summed E-state index contributed by atoms with van der Waals surface area (Å²) in [6.07, 6.45) is 55.0. The molecule has 0 aliphatic heterocycles. The summed E-state index contributed by atoms with van der Waals surface area (Å²) < 4.78 is 34.5. The van der Waals surface area contributed by atoms with E-state index in [1.54, 1.807) is 0 Å². The Hall–Kier alpha value is -0.660. The number of hydrogen-bond acceptors (Lipinski definition) is 11. The first kappa shape index (κ1) is 75.4. The molecule has 0 aromatic carbocycles. The minimum Gasteiger partial charge on any atom is -0.457 e. The third kappa shape index (κ3) is 45.8. The molecule has 8 atom stereocenters. The van der Waals surface area contributed by atoms with Crippen LogP contribution in [0.3, 0.4) is 0 Å². The van der Waals surface area contributed by atoms with Crippen molar-refractivity contribution in [1.82, 2.24) is 0 Å². The maximum Gasteiger partial charge on any atom is 0.472 e. The summed E-state index contributed by atoms with van der Waals surface area (Å²) in [5, 5.41) is 50.5. The van der Waals surface area contributed by atoms with Crippen LogP contribution in [0.5, 0.6) is 0 Å². The van der Waals surface area contributed by atoms with Gasteiger partial charge in [-0.25, -0.2) is 4.57 Å². The first-order valence-corrected chi connectivity index (χ1v) is 35.4. The van der Waals surface area contributed by atoms with Gasteiger partial charge in [0.25, 0.3) is 0 Å². The van der Waals surface area contributed by atoms with Crippen molar-refractivity contribution in [3.63, 3.8) is 0 Å². The number of ether oxygens (including phenoxy) is 2. The van der Waals surface area contributed by atoms with Gasteiger partial charge >= 0.3 is 13.8 Å². The van der Waals surface area contributed by atoms with Gasteiger partial charge in [-0.15, -0.1) is 0 Å². The van der Waals surface area contributed by atoms with Crippen molar-refractivity contribution in [2.45, 2.75) is 390 Å². The van der Waals surface area contributed by atoms with E-state index in [1.807, 2.05) is 0 Å². The molecule has 6 N–H and O–H groups in total. The summed E-state index contributed by atoms with van der Waals surface area (Å²) >= 11 is 0. The lowest BCUT2D eigenvalue weighted by Gasteiger charge is -2.41. The van der Waals surface area contributed by atoms with Crippen LogP contribution in [0.25, 0.3) is 0 Å². The Morgan fingerprint density at radius 2 is 0.603 bits per heavy atom. The van der Waals surface area contributed by atoms with Crippen LogP contribution >= 0.6 is 7.82 Å². The molecule has 0 saturated heterocycles. The van der Waals surface area contributed by atoms with Crippen molar-refractivity contribution in [2.75, 3.05) is 19.8 Å². The van der Waals surface area contributed by atoms with E-state index in [2.05, 4.69) is 13.8 Å². The Bertz CT molecular complexity index is 1290. The van der Waals surface area contributed by atoms with Crippen LogP contribution in [0.4, 0.5) is 0 Å². The average Bonchev–Trinajstić information content (AvgIpc) is 3.47. The van der Waals surface area contributed by atoms with Crippen LogP contribution in [-0.4, -0.2) is 98.9 Å². The lowest BCUT2D eigenvalue weighted by atomic mass is 9.85. The van der Waals surface area contributed by atoms with E-state index in [9.17, 15) is 39.8 Å². The van der Waals surface area contributed by atoms with Crippen LogP contribution in [0, 0.1) is 0 Å². The molecule has 0 bridgehead atoms. The van der Waals surface area contributed by atoms with E-state index in [4.69, 9.17) is 18.5 Å². The minimum absolute atomic E-state index is 0.0668. The number of phosphoric acid groups is 1. The Balaban J connectivity index is 2.13. The predicted octanol–water partition coefficient (Wildman–Crippen LogP) is 17.6. The van der Waals surface area contributed by atoms with Crippen molar-refractivity contribution >= 4 is 13.8 Å². The predicted molar refractivity (Wildman–Crippen MR) is 323 cm³/mol. The molecule has 0 radical (unpaired) electrons. The molecule has 0 aromatic heterocycles. The second kappa shape index (κ2) is 55.5. The first-order valence-electron chi connectivity index (χ1n) is 33.9. The molecule has 1 rings (SSSR count). The maximum atomic E-state index is 12.9. The van der Waals surface area contributed by atoms with Gasteiger partial charge in [0.1, 0.15) is 42.7 Å². The van der Waals surface area contributed by atoms with E-state index >= 15 is 0 Å². The third-order valence-electron chi connectivity index (χ3n) is 16.5. The second-order valence-electron chi connectivity index (χ2n) is 24.0. The molecule has 0 amide bonds. The number of esters is 1. The van der Waals surface area contributed by atoms with E-state index in [0.29, 0.717) is 13.0 Å². The van der Waals surface area contributed by atoms with Gasteiger partial charge in [0, 0.05) is 13.0 Å². The lowest BCUT2D eigenvalue weighted by Crippen LogP contribution is -2.64. The summed E-state index contributed by atoms with van der Waals surface area (Å²) in [5.41, 5.74) is 0. The number of carbonyl (C=O) groups is 1. The van der Waals surface area contributed by atoms with Crippen LogP contribution in [0.1, 0.15) is 348 Å². The number of unbranched alkanes of at least 4 members (excludes halogenated alkanes) is 49. The maximum absolute atomic E-state index is 12.9. The molecule has 0 aromatic rings. The highest BCUT2D eigenvalue weighted by molar-refractivity contribution is 7.47. The van der Waals surface area contributed by atoms with Crippen LogP contribution in [0.2, 0.25) is 0 Å². The van der Waals surface area contributed by atoms with Gasteiger partial charge < -0.3 is 39.9 Å². The molecule has 13 heteroatoms. The zero-order valence-electron chi connectivity index (χ0n) is 51.0. The Labute approximate surface area is 480 Å². The molecular weight excluding hydrogens is 1000 g/mol. The molecule has 1 saturated carbocycles. The summed E-state index contributed by atoms with van der Waals surface area (Å²) in [5.74, 6) is -0.465. The van der Waals surface area contributed by atoms with Crippen LogP contribution < -0.4 is 0 Å². The molecular formula is C65H129O12P. The Morgan fingerprint density at radius 3 is 0.885 bits per heavy atom. The van der Waals surface area contributed by atoms with Gasteiger partial charge in [0.15, 0.2) is 0 Å². The highest BCUT2D eigenvalue weighted by atomic mass is 31.2. The topological polar surface area (TPSA) is 192 Å². The second-order valence-corrected chi connectivity index (χ2v) is 25.5. The highest BCUT2D eigenvalue weighted by Gasteiger charge is 2.51. The average molecular weight is 1130 g/mol. The SMILES string of the molecule is CCCCCCCCCCCCCCCCCCCCCCCCCCCCCCCCCCCC(=O)O[C@H](COCCCCCCCCCCCCCCCCCCCC)COP(=O)(O)OC1C(O)C(O)C(O)[C@@H](O)C1O. The summed E-state index contributed by atoms with van der Waals surface area (Å²) in [4.78, 5) is 23.4.